The Morgan fingerprint density at radius 2 is 1.70 bits per heavy atom. The van der Waals surface area contributed by atoms with Crippen LogP contribution >= 0.6 is 0 Å². The highest BCUT2D eigenvalue weighted by Crippen LogP contribution is 2.23. The first-order chi connectivity index (χ1) is 12.8. The maximum absolute atomic E-state index is 12.2. The zero-order valence-electron chi connectivity index (χ0n) is 13.5. The van der Waals surface area contributed by atoms with E-state index < -0.39 is 11.3 Å². The van der Waals surface area contributed by atoms with Gasteiger partial charge in [0.1, 0.15) is 12.1 Å². The predicted molar refractivity (Wildman–Crippen MR) is 90.1 cm³/mol. The monoisotopic (exact) mass is 376 g/mol. The van der Waals surface area contributed by atoms with Gasteiger partial charge in [0, 0.05) is 12.1 Å². The predicted octanol–water partition coefficient (Wildman–Crippen LogP) is 4.24. The van der Waals surface area contributed by atoms with Gasteiger partial charge < -0.3 is 4.74 Å². The second-order valence-electron chi connectivity index (χ2n) is 5.27. The highest BCUT2D eigenvalue weighted by Gasteiger charge is 2.30. The van der Waals surface area contributed by atoms with Crippen molar-refractivity contribution in [3.05, 3.63) is 76.4 Å². The summed E-state index contributed by atoms with van der Waals surface area (Å²) < 4.78 is 41.7. The summed E-state index contributed by atoms with van der Waals surface area (Å²) in [6, 6.07) is 11.1. The molecule has 0 spiro atoms. The third kappa shape index (κ3) is 4.91. The molecule has 1 aromatic heterocycles. The number of nitro benzene ring substituents is 1. The maximum atomic E-state index is 12.2. The topological polar surface area (TPSA) is 83.1 Å². The molecule has 0 aliphatic rings. The number of alkyl halides is 3. The summed E-state index contributed by atoms with van der Waals surface area (Å²) in [5.41, 5.74) is 1.23. The number of aromatic nitrogens is 3. The molecule has 2 aromatic carbocycles. The Labute approximate surface area is 150 Å². The number of hydrogen-bond donors (Lipinski definition) is 0. The summed E-state index contributed by atoms with van der Waals surface area (Å²) in [4.78, 5) is 14.2. The third-order valence-corrected chi connectivity index (χ3v) is 3.37. The molecule has 3 aromatic rings. The molecule has 0 aliphatic heterocycles. The van der Waals surface area contributed by atoms with Crippen LogP contribution in [0.5, 0.6) is 5.75 Å². The van der Waals surface area contributed by atoms with Gasteiger partial charge in [-0.2, -0.15) is 0 Å². The third-order valence-electron chi connectivity index (χ3n) is 3.37. The standard InChI is InChI=1S/C17H11F3N4O3/c18-17(19,20)27-15-8-6-13(7-9-15)23-11-21-16(22-23)10-3-12-1-4-14(5-2-12)24(25)26/h1-11H. The number of rotatable bonds is 5. The van der Waals surface area contributed by atoms with Crippen LogP contribution in [-0.4, -0.2) is 26.1 Å². The van der Waals surface area contributed by atoms with E-state index in [1.165, 1.54) is 47.4 Å². The van der Waals surface area contributed by atoms with E-state index in [-0.39, 0.29) is 11.4 Å². The van der Waals surface area contributed by atoms with Crippen molar-refractivity contribution in [2.75, 3.05) is 0 Å². The lowest BCUT2D eigenvalue weighted by Gasteiger charge is -2.08. The molecular formula is C17H11F3N4O3. The average Bonchev–Trinajstić information content (AvgIpc) is 3.08. The van der Waals surface area contributed by atoms with E-state index in [4.69, 9.17) is 0 Å². The van der Waals surface area contributed by atoms with Crippen LogP contribution in [0.3, 0.4) is 0 Å². The number of benzene rings is 2. The summed E-state index contributed by atoms with van der Waals surface area (Å²) in [5, 5.41) is 14.8. The van der Waals surface area contributed by atoms with Crippen molar-refractivity contribution in [3.8, 4) is 11.4 Å². The quantitative estimate of drug-likeness (QED) is 0.491. The molecule has 27 heavy (non-hydrogen) atoms. The summed E-state index contributed by atoms with van der Waals surface area (Å²) in [6.45, 7) is 0. The van der Waals surface area contributed by atoms with Gasteiger partial charge in [-0.05, 0) is 48.0 Å². The Morgan fingerprint density at radius 1 is 1.04 bits per heavy atom. The Kier molecular flexibility index (Phi) is 4.88. The van der Waals surface area contributed by atoms with Crippen molar-refractivity contribution in [2.45, 2.75) is 6.36 Å². The van der Waals surface area contributed by atoms with E-state index >= 15 is 0 Å². The molecule has 0 saturated carbocycles. The fourth-order valence-electron chi connectivity index (χ4n) is 2.16. The van der Waals surface area contributed by atoms with Gasteiger partial charge in [0.05, 0.1) is 10.6 Å². The highest BCUT2D eigenvalue weighted by molar-refractivity contribution is 5.67. The van der Waals surface area contributed by atoms with Crippen LogP contribution < -0.4 is 4.74 Å². The lowest BCUT2D eigenvalue weighted by atomic mass is 10.2. The molecule has 10 heteroatoms. The SMILES string of the molecule is O=[N+]([O-])c1ccc(C=Cc2ncn(-c3ccc(OC(F)(F)F)cc3)n2)cc1. The molecule has 0 radical (unpaired) electrons. The molecule has 3 rings (SSSR count). The van der Waals surface area contributed by atoms with Gasteiger partial charge >= 0.3 is 6.36 Å². The number of hydrogen-bond acceptors (Lipinski definition) is 5. The van der Waals surface area contributed by atoms with Crippen LogP contribution in [0.4, 0.5) is 18.9 Å². The molecule has 0 aliphatic carbocycles. The van der Waals surface area contributed by atoms with E-state index in [0.29, 0.717) is 11.5 Å². The van der Waals surface area contributed by atoms with Crippen molar-refractivity contribution in [1.29, 1.82) is 0 Å². The van der Waals surface area contributed by atoms with Crippen LogP contribution in [0, 0.1) is 10.1 Å². The van der Waals surface area contributed by atoms with Crippen LogP contribution in [0.2, 0.25) is 0 Å². The van der Waals surface area contributed by atoms with Gasteiger partial charge in [0.2, 0.25) is 0 Å². The van der Waals surface area contributed by atoms with E-state index in [2.05, 4.69) is 14.8 Å². The molecule has 0 fully saturated rings. The van der Waals surface area contributed by atoms with Crippen LogP contribution in [-0.2, 0) is 0 Å². The average molecular weight is 376 g/mol. The molecule has 0 bridgehead atoms. The zero-order chi connectivity index (χ0) is 19.4. The second kappa shape index (κ2) is 7.28. The molecule has 0 atom stereocenters. The molecule has 7 nitrogen and oxygen atoms in total. The summed E-state index contributed by atoms with van der Waals surface area (Å²) in [6.07, 6.45) is -0.0395. The van der Waals surface area contributed by atoms with Crippen molar-refractivity contribution in [2.24, 2.45) is 0 Å². The first-order valence-corrected chi connectivity index (χ1v) is 7.50. The fourth-order valence-corrected chi connectivity index (χ4v) is 2.16. The Hall–Kier alpha value is -3.69. The summed E-state index contributed by atoms with van der Waals surface area (Å²) in [5.74, 6) is 0.0358. The lowest BCUT2D eigenvalue weighted by Crippen LogP contribution is -2.17. The largest absolute Gasteiger partial charge is 0.573 e. The van der Waals surface area contributed by atoms with E-state index in [9.17, 15) is 23.3 Å². The fraction of sp³-hybridized carbons (Fsp3) is 0.0588. The van der Waals surface area contributed by atoms with E-state index in [0.717, 1.165) is 5.56 Å². The first-order valence-electron chi connectivity index (χ1n) is 7.50. The first kappa shape index (κ1) is 18.1. The summed E-state index contributed by atoms with van der Waals surface area (Å²) >= 11 is 0. The number of nitro groups is 1. The molecule has 0 N–H and O–H groups in total. The number of nitrogens with zero attached hydrogens (tertiary/aromatic N) is 4. The zero-order valence-corrected chi connectivity index (χ0v) is 13.5. The molecule has 1 heterocycles. The number of non-ortho nitro benzene ring substituents is 1. The van der Waals surface area contributed by atoms with Crippen molar-refractivity contribution in [1.82, 2.24) is 14.8 Å². The summed E-state index contributed by atoms with van der Waals surface area (Å²) in [7, 11) is 0. The molecule has 138 valence electrons. The minimum absolute atomic E-state index is 0.00694. The Balaban J connectivity index is 1.70. The van der Waals surface area contributed by atoms with Crippen molar-refractivity contribution < 1.29 is 22.8 Å². The van der Waals surface area contributed by atoms with E-state index in [1.54, 1.807) is 24.3 Å². The molecule has 0 unspecified atom stereocenters. The minimum atomic E-state index is -4.75. The van der Waals surface area contributed by atoms with Gasteiger partial charge in [0.25, 0.3) is 5.69 Å². The van der Waals surface area contributed by atoms with Gasteiger partial charge in [-0.25, -0.2) is 9.67 Å². The number of ether oxygens (including phenoxy) is 1. The number of halogens is 3. The van der Waals surface area contributed by atoms with Gasteiger partial charge in [-0.1, -0.05) is 6.08 Å². The molecule has 0 amide bonds. The van der Waals surface area contributed by atoms with Crippen molar-refractivity contribution in [3.63, 3.8) is 0 Å². The van der Waals surface area contributed by atoms with Gasteiger partial charge in [0.15, 0.2) is 5.82 Å². The van der Waals surface area contributed by atoms with Crippen LogP contribution in [0.25, 0.3) is 17.8 Å². The van der Waals surface area contributed by atoms with Crippen molar-refractivity contribution >= 4 is 17.8 Å². The van der Waals surface area contributed by atoms with E-state index in [1.807, 2.05) is 0 Å². The van der Waals surface area contributed by atoms with Gasteiger partial charge in [-0.3, -0.25) is 10.1 Å². The molecule has 0 saturated heterocycles. The maximum Gasteiger partial charge on any atom is 0.573 e. The van der Waals surface area contributed by atoms with Gasteiger partial charge in [-0.15, -0.1) is 18.3 Å². The minimum Gasteiger partial charge on any atom is -0.406 e. The smallest absolute Gasteiger partial charge is 0.406 e. The lowest BCUT2D eigenvalue weighted by molar-refractivity contribution is -0.384. The van der Waals surface area contributed by atoms with Crippen LogP contribution in [0.1, 0.15) is 11.4 Å². The normalized spacial score (nSPS) is 11.7. The Morgan fingerprint density at radius 3 is 2.30 bits per heavy atom. The molecular weight excluding hydrogens is 365 g/mol. The second-order valence-corrected chi connectivity index (χ2v) is 5.27. The Bertz CT molecular complexity index is 964. The highest BCUT2D eigenvalue weighted by atomic mass is 19.4. The van der Waals surface area contributed by atoms with Crippen LogP contribution in [0.15, 0.2) is 54.9 Å².